The number of rotatable bonds is 7. The number of β-amino-alcohol motifs (C(OH)–C–C–N with tert-alkyl or cyclic N) is 1. The van der Waals surface area contributed by atoms with Gasteiger partial charge in [-0.25, -0.2) is 0 Å². The molecule has 0 aromatic heterocycles. The first kappa shape index (κ1) is 16.4. The molecule has 1 aliphatic heterocycles. The van der Waals surface area contributed by atoms with Crippen molar-refractivity contribution >= 4 is 5.91 Å². The van der Waals surface area contributed by atoms with Gasteiger partial charge in [-0.1, -0.05) is 13.8 Å². The second-order valence-corrected chi connectivity index (χ2v) is 5.55. The Morgan fingerprint density at radius 3 is 2.58 bits per heavy atom. The van der Waals surface area contributed by atoms with Crippen molar-refractivity contribution in [3.05, 3.63) is 0 Å². The zero-order chi connectivity index (χ0) is 14.3. The standard InChI is InChI=1S/C14H28N2O3/c1-4-19-10-13(17)9-16-7-5-12(6-8-16)15-14(18)11(2)3/h11-13,17H,4-10H2,1-3H3,(H,15,18)/t13-/m1/s1. The van der Waals surface area contributed by atoms with Gasteiger partial charge in [-0.3, -0.25) is 4.79 Å². The molecule has 5 nitrogen and oxygen atoms in total. The van der Waals surface area contributed by atoms with Crippen LogP contribution < -0.4 is 5.32 Å². The molecule has 0 unspecified atom stereocenters. The summed E-state index contributed by atoms with van der Waals surface area (Å²) in [6, 6.07) is 0.287. The van der Waals surface area contributed by atoms with Crippen molar-refractivity contribution < 1.29 is 14.6 Å². The summed E-state index contributed by atoms with van der Waals surface area (Å²) in [7, 11) is 0. The van der Waals surface area contributed by atoms with E-state index < -0.39 is 6.10 Å². The molecule has 112 valence electrons. The molecule has 1 amide bonds. The number of amides is 1. The summed E-state index contributed by atoms with van der Waals surface area (Å²) in [6.07, 6.45) is 1.50. The van der Waals surface area contributed by atoms with Crippen LogP contribution in [0.25, 0.3) is 0 Å². The highest BCUT2D eigenvalue weighted by Crippen LogP contribution is 2.11. The Morgan fingerprint density at radius 1 is 1.42 bits per heavy atom. The van der Waals surface area contributed by atoms with Gasteiger partial charge in [-0.15, -0.1) is 0 Å². The molecule has 0 radical (unpaired) electrons. The fraction of sp³-hybridized carbons (Fsp3) is 0.929. The highest BCUT2D eigenvalue weighted by Gasteiger charge is 2.22. The third kappa shape index (κ3) is 6.36. The quantitative estimate of drug-likeness (QED) is 0.713. The van der Waals surface area contributed by atoms with E-state index in [1.54, 1.807) is 0 Å². The Morgan fingerprint density at radius 2 is 2.05 bits per heavy atom. The van der Waals surface area contributed by atoms with Crippen molar-refractivity contribution in [2.45, 2.75) is 45.8 Å². The SMILES string of the molecule is CCOC[C@H](O)CN1CCC(NC(=O)C(C)C)CC1. The zero-order valence-electron chi connectivity index (χ0n) is 12.4. The second-order valence-electron chi connectivity index (χ2n) is 5.55. The molecule has 0 saturated carbocycles. The van der Waals surface area contributed by atoms with Crippen molar-refractivity contribution in [3.8, 4) is 0 Å². The second kappa shape index (κ2) is 8.51. The minimum Gasteiger partial charge on any atom is -0.389 e. The summed E-state index contributed by atoms with van der Waals surface area (Å²) >= 11 is 0. The maximum absolute atomic E-state index is 11.6. The number of hydrogen-bond acceptors (Lipinski definition) is 4. The molecular weight excluding hydrogens is 244 g/mol. The molecule has 19 heavy (non-hydrogen) atoms. The third-order valence-corrected chi connectivity index (χ3v) is 3.44. The molecule has 2 N–H and O–H groups in total. The van der Waals surface area contributed by atoms with Gasteiger partial charge in [0.05, 0.1) is 12.7 Å². The summed E-state index contributed by atoms with van der Waals surface area (Å²) in [5, 5.41) is 12.9. The summed E-state index contributed by atoms with van der Waals surface area (Å²) in [6.45, 7) is 9.29. The lowest BCUT2D eigenvalue weighted by molar-refractivity contribution is -0.125. The number of piperidine rings is 1. The molecule has 5 heteroatoms. The minimum atomic E-state index is -0.415. The van der Waals surface area contributed by atoms with Crippen LogP contribution in [0.5, 0.6) is 0 Å². The fourth-order valence-electron chi connectivity index (χ4n) is 2.23. The first-order valence-electron chi connectivity index (χ1n) is 7.31. The lowest BCUT2D eigenvalue weighted by Gasteiger charge is -2.33. The van der Waals surface area contributed by atoms with Gasteiger partial charge in [-0.2, -0.15) is 0 Å². The van der Waals surface area contributed by atoms with Crippen LogP contribution in [0.4, 0.5) is 0 Å². The molecular formula is C14H28N2O3. The van der Waals surface area contributed by atoms with E-state index in [1.807, 2.05) is 20.8 Å². The Hall–Kier alpha value is -0.650. The predicted molar refractivity (Wildman–Crippen MR) is 74.9 cm³/mol. The number of hydrogen-bond donors (Lipinski definition) is 2. The van der Waals surface area contributed by atoms with Crippen LogP contribution in [0.3, 0.4) is 0 Å². The van der Waals surface area contributed by atoms with Crippen LogP contribution in [0, 0.1) is 5.92 Å². The van der Waals surface area contributed by atoms with E-state index in [-0.39, 0.29) is 17.9 Å². The third-order valence-electron chi connectivity index (χ3n) is 3.44. The van der Waals surface area contributed by atoms with E-state index in [0.717, 1.165) is 25.9 Å². The molecule has 1 heterocycles. The molecule has 0 aromatic carbocycles. The van der Waals surface area contributed by atoms with Gasteiger partial charge in [-0.05, 0) is 19.8 Å². The lowest BCUT2D eigenvalue weighted by Crippen LogP contribution is -2.47. The smallest absolute Gasteiger partial charge is 0.222 e. The lowest BCUT2D eigenvalue weighted by atomic mass is 10.0. The Balaban J connectivity index is 2.19. The predicted octanol–water partition coefficient (Wildman–Crippen LogP) is 0.620. The first-order chi connectivity index (χ1) is 9.02. The number of ether oxygens (including phenoxy) is 1. The number of aliphatic hydroxyl groups excluding tert-OH is 1. The van der Waals surface area contributed by atoms with E-state index in [1.165, 1.54) is 0 Å². The largest absolute Gasteiger partial charge is 0.389 e. The van der Waals surface area contributed by atoms with Gasteiger partial charge in [0.2, 0.25) is 5.91 Å². The molecule has 0 aliphatic carbocycles. The van der Waals surface area contributed by atoms with E-state index >= 15 is 0 Å². The number of carbonyl (C=O) groups excluding carboxylic acids is 1. The molecule has 1 saturated heterocycles. The number of nitrogens with one attached hydrogen (secondary N) is 1. The average molecular weight is 272 g/mol. The number of nitrogens with zero attached hydrogens (tertiary/aromatic N) is 1. The number of carbonyl (C=O) groups is 1. The van der Waals surface area contributed by atoms with Crippen molar-refractivity contribution in [2.24, 2.45) is 5.92 Å². The van der Waals surface area contributed by atoms with Gasteiger partial charge in [0.25, 0.3) is 0 Å². The van der Waals surface area contributed by atoms with Gasteiger partial charge >= 0.3 is 0 Å². The molecule has 0 bridgehead atoms. The zero-order valence-corrected chi connectivity index (χ0v) is 12.4. The molecule has 1 fully saturated rings. The van der Waals surface area contributed by atoms with Crippen LogP contribution in [0.2, 0.25) is 0 Å². The maximum Gasteiger partial charge on any atom is 0.222 e. The van der Waals surface area contributed by atoms with Crippen LogP contribution in [0.15, 0.2) is 0 Å². The van der Waals surface area contributed by atoms with Crippen LogP contribution in [-0.2, 0) is 9.53 Å². The van der Waals surface area contributed by atoms with Gasteiger partial charge < -0.3 is 20.1 Å². The number of aliphatic hydroxyl groups is 1. The first-order valence-corrected chi connectivity index (χ1v) is 7.31. The van der Waals surface area contributed by atoms with Crippen molar-refractivity contribution in [3.63, 3.8) is 0 Å². The Bertz CT molecular complexity index is 263. The van der Waals surface area contributed by atoms with Crippen molar-refractivity contribution in [1.82, 2.24) is 10.2 Å². The van der Waals surface area contributed by atoms with Gasteiger partial charge in [0, 0.05) is 38.2 Å². The van der Waals surface area contributed by atoms with Gasteiger partial charge in [0.15, 0.2) is 0 Å². The Kier molecular flexibility index (Phi) is 7.34. The molecule has 1 aliphatic rings. The highest BCUT2D eigenvalue weighted by atomic mass is 16.5. The summed E-state index contributed by atoms with van der Waals surface area (Å²) in [5.41, 5.74) is 0. The van der Waals surface area contributed by atoms with Crippen LogP contribution >= 0.6 is 0 Å². The Labute approximate surface area is 116 Å². The highest BCUT2D eigenvalue weighted by molar-refractivity contribution is 5.78. The monoisotopic (exact) mass is 272 g/mol. The summed E-state index contributed by atoms with van der Waals surface area (Å²) < 4.78 is 5.20. The minimum absolute atomic E-state index is 0.0473. The average Bonchev–Trinajstić information content (AvgIpc) is 2.38. The van der Waals surface area contributed by atoms with Crippen LogP contribution in [0.1, 0.15) is 33.6 Å². The fourth-order valence-corrected chi connectivity index (χ4v) is 2.23. The summed E-state index contributed by atoms with van der Waals surface area (Å²) in [4.78, 5) is 13.8. The molecule has 0 aromatic rings. The van der Waals surface area contributed by atoms with Crippen molar-refractivity contribution in [1.29, 1.82) is 0 Å². The summed E-state index contributed by atoms with van der Waals surface area (Å²) in [5.74, 6) is 0.181. The number of likely N-dealkylation sites (tertiary alicyclic amines) is 1. The maximum atomic E-state index is 11.6. The topological polar surface area (TPSA) is 61.8 Å². The molecule has 0 spiro atoms. The molecule has 1 atom stereocenters. The normalized spacial score (nSPS) is 19.6. The van der Waals surface area contributed by atoms with Crippen molar-refractivity contribution in [2.75, 3.05) is 32.8 Å². The van der Waals surface area contributed by atoms with E-state index in [4.69, 9.17) is 4.74 Å². The van der Waals surface area contributed by atoms with E-state index in [0.29, 0.717) is 19.8 Å². The van der Waals surface area contributed by atoms with Gasteiger partial charge in [0.1, 0.15) is 0 Å². The van der Waals surface area contributed by atoms with E-state index in [9.17, 15) is 9.90 Å². The van der Waals surface area contributed by atoms with Crippen LogP contribution in [-0.4, -0.2) is 60.9 Å². The van der Waals surface area contributed by atoms with E-state index in [2.05, 4.69) is 10.2 Å². The molecule has 1 rings (SSSR count).